The largest absolute Gasteiger partial charge is 0.391 e. The van der Waals surface area contributed by atoms with Gasteiger partial charge in [-0.3, -0.25) is 38.4 Å². The normalized spacial score (nSPS) is 27.0. The molecule has 346 valence electrons. The fraction of sp³-hybridized carbons (Fsp3) is 0.689. The molecule has 2 aliphatic heterocycles. The zero-order valence-electron chi connectivity index (χ0n) is 38.9. The maximum atomic E-state index is 14.7. The van der Waals surface area contributed by atoms with E-state index >= 15 is 0 Å². The van der Waals surface area contributed by atoms with Crippen LogP contribution in [0.3, 0.4) is 0 Å². The van der Waals surface area contributed by atoms with Crippen molar-refractivity contribution in [2.75, 3.05) is 48.3 Å². The van der Waals surface area contributed by atoms with Crippen LogP contribution in [0.2, 0.25) is 0 Å². The molecule has 0 aromatic heterocycles. The van der Waals surface area contributed by atoms with Crippen molar-refractivity contribution in [1.29, 1.82) is 0 Å². The van der Waals surface area contributed by atoms with Crippen molar-refractivity contribution in [2.45, 2.75) is 142 Å². The number of rotatable bonds is 8. The van der Waals surface area contributed by atoms with Crippen molar-refractivity contribution in [3.63, 3.8) is 0 Å². The van der Waals surface area contributed by atoms with Crippen LogP contribution in [0.15, 0.2) is 30.3 Å². The summed E-state index contributed by atoms with van der Waals surface area (Å²) in [7, 11) is 7.12. The van der Waals surface area contributed by atoms with Crippen molar-refractivity contribution in [3.8, 4) is 0 Å². The third kappa shape index (κ3) is 13.0. The summed E-state index contributed by atoms with van der Waals surface area (Å²) in [6.07, 6.45) is 0.920. The number of hydrogen-bond donors (Lipinski definition) is 3. The van der Waals surface area contributed by atoms with Crippen molar-refractivity contribution >= 4 is 47.3 Å². The van der Waals surface area contributed by atoms with Crippen LogP contribution in [0.1, 0.15) is 92.6 Å². The molecule has 0 unspecified atom stereocenters. The van der Waals surface area contributed by atoms with Crippen LogP contribution in [0.25, 0.3) is 0 Å². The van der Waals surface area contributed by atoms with Gasteiger partial charge in [-0.25, -0.2) is 0 Å². The molecular weight excluding hydrogens is 797 g/mol. The lowest BCUT2D eigenvalue weighted by Gasteiger charge is -2.38. The number of benzene rings is 1. The number of carbonyl (C=O) groups is 8. The van der Waals surface area contributed by atoms with E-state index < -0.39 is 102 Å². The second-order valence-electron chi connectivity index (χ2n) is 18.0. The molecule has 0 spiro atoms. The summed E-state index contributed by atoms with van der Waals surface area (Å²) >= 11 is 0. The van der Waals surface area contributed by atoms with E-state index in [-0.39, 0.29) is 31.1 Å². The Bertz CT molecular complexity index is 1750. The predicted octanol–water partition coefficient (Wildman–Crippen LogP) is 1.26. The van der Waals surface area contributed by atoms with Gasteiger partial charge in [0.2, 0.25) is 47.3 Å². The molecule has 0 aliphatic carbocycles. The number of aliphatic hydroxyl groups is 1. The second kappa shape index (κ2) is 22.9. The van der Waals surface area contributed by atoms with E-state index in [1.165, 1.54) is 75.6 Å². The summed E-state index contributed by atoms with van der Waals surface area (Å²) in [4.78, 5) is 122. The van der Waals surface area contributed by atoms with E-state index in [1.54, 1.807) is 17.0 Å². The summed E-state index contributed by atoms with van der Waals surface area (Å²) in [6, 6.07) is 0.424. The molecule has 17 nitrogen and oxygen atoms in total. The highest BCUT2D eigenvalue weighted by atomic mass is 16.3. The molecule has 2 fully saturated rings. The van der Waals surface area contributed by atoms with Gasteiger partial charge in [0.25, 0.3) is 0 Å². The highest BCUT2D eigenvalue weighted by molar-refractivity contribution is 5.99. The zero-order chi connectivity index (χ0) is 46.7. The fourth-order valence-electron chi connectivity index (χ4n) is 8.00. The molecule has 1 aromatic rings. The fourth-order valence-corrected chi connectivity index (χ4v) is 8.00. The van der Waals surface area contributed by atoms with Gasteiger partial charge in [-0.2, -0.15) is 0 Å². The average Bonchev–Trinajstić information content (AvgIpc) is 3.24. The van der Waals surface area contributed by atoms with E-state index in [1.807, 2.05) is 45.9 Å². The van der Waals surface area contributed by atoms with E-state index in [0.717, 1.165) is 29.7 Å². The van der Waals surface area contributed by atoms with Crippen LogP contribution in [0.5, 0.6) is 0 Å². The first-order chi connectivity index (χ1) is 29.0. The van der Waals surface area contributed by atoms with Crippen LogP contribution in [0, 0.1) is 11.8 Å². The SMILES string of the molecule is CC(C)C[C@H]1C(=O)N[C@H](C(=O)N2CCCCC2)CC(=O)N(C)[C@@H](C)C(=O)N(C)[C@@H](Cc2ccccc2)C(=O)N(C)[C@@H](CC(C)C)C(=O)N[C@@H]([C@@H](C)O)C(=O)N(C)[C@@H](C)C(=O)N1C. The molecule has 2 heterocycles. The van der Waals surface area contributed by atoms with Crippen molar-refractivity contribution in [1.82, 2.24) is 40.0 Å². The highest BCUT2D eigenvalue weighted by Crippen LogP contribution is 2.21. The minimum atomic E-state index is -1.53. The van der Waals surface area contributed by atoms with Gasteiger partial charge in [-0.15, -0.1) is 0 Å². The standard InChI is InChI=1S/C45H72N8O9/c1-27(2)23-34-39(56)46-33(43(60)53-21-17-14-18-22-53)26-37(55)48(8)29(5)41(58)52(12)36(25-32-19-15-13-16-20-32)44(61)51(11)35(24-28(3)4)40(57)47-38(31(7)54)45(62)49(9)30(6)42(59)50(34)10/h13,15-16,19-20,27-31,33-36,38,54H,14,17-18,21-26H2,1-12H3,(H,46,56)(H,47,57)/t29-,30-,31+,33-,34-,35-,36-,38-/m0/s1. The van der Waals surface area contributed by atoms with Gasteiger partial charge in [-0.1, -0.05) is 58.0 Å². The number of nitrogens with zero attached hydrogens (tertiary/aromatic N) is 6. The molecule has 0 bridgehead atoms. The number of aliphatic hydroxyl groups excluding tert-OH is 1. The molecule has 3 rings (SSSR count). The number of amides is 8. The van der Waals surface area contributed by atoms with E-state index in [9.17, 15) is 43.5 Å². The topological polar surface area (TPSA) is 200 Å². The van der Waals surface area contributed by atoms with Crippen molar-refractivity contribution in [2.24, 2.45) is 11.8 Å². The lowest BCUT2D eigenvalue weighted by molar-refractivity contribution is -0.153. The van der Waals surface area contributed by atoms with Crippen molar-refractivity contribution in [3.05, 3.63) is 35.9 Å². The summed E-state index contributed by atoms with van der Waals surface area (Å²) in [5.41, 5.74) is 0.727. The summed E-state index contributed by atoms with van der Waals surface area (Å²) in [5, 5.41) is 16.4. The van der Waals surface area contributed by atoms with Gasteiger partial charge in [-0.05, 0) is 70.3 Å². The van der Waals surface area contributed by atoms with Crippen LogP contribution in [-0.4, -0.2) is 178 Å². The van der Waals surface area contributed by atoms with Gasteiger partial charge in [0.15, 0.2) is 0 Å². The minimum absolute atomic E-state index is 0.0581. The maximum Gasteiger partial charge on any atom is 0.248 e. The Labute approximate surface area is 367 Å². The molecule has 8 amide bonds. The first-order valence-corrected chi connectivity index (χ1v) is 21.9. The molecule has 2 saturated heterocycles. The monoisotopic (exact) mass is 869 g/mol. The van der Waals surface area contributed by atoms with Crippen LogP contribution < -0.4 is 10.6 Å². The molecule has 1 aromatic carbocycles. The van der Waals surface area contributed by atoms with Crippen molar-refractivity contribution < 1.29 is 43.5 Å². The number of carbonyl (C=O) groups excluding carboxylic acids is 8. The molecule has 3 N–H and O–H groups in total. The lowest BCUT2D eigenvalue weighted by Crippen LogP contribution is -2.62. The highest BCUT2D eigenvalue weighted by Gasteiger charge is 2.42. The summed E-state index contributed by atoms with van der Waals surface area (Å²) < 4.78 is 0. The number of likely N-dealkylation sites (N-methyl/N-ethyl adjacent to an activating group) is 5. The zero-order valence-corrected chi connectivity index (χ0v) is 38.9. The van der Waals surface area contributed by atoms with Gasteiger partial charge < -0.3 is 45.1 Å². The number of nitrogens with one attached hydrogen (secondary N) is 2. The Morgan fingerprint density at radius 1 is 0.629 bits per heavy atom. The maximum absolute atomic E-state index is 14.7. The smallest absolute Gasteiger partial charge is 0.248 e. The second-order valence-corrected chi connectivity index (χ2v) is 18.0. The van der Waals surface area contributed by atoms with Crippen LogP contribution in [-0.2, 0) is 44.8 Å². The van der Waals surface area contributed by atoms with Crippen LogP contribution >= 0.6 is 0 Å². The quantitative estimate of drug-likeness (QED) is 0.344. The Morgan fingerprint density at radius 2 is 1.10 bits per heavy atom. The summed E-state index contributed by atoms with van der Waals surface area (Å²) in [5.74, 6) is -5.29. The molecule has 2 aliphatic rings. The molecule has 8 atom stereocenters. The first-order valence-electron chi connectivity index (χ1n) is 21.9. The minimum Gasteiger partial charge on any atom is -0.391 e. The van der Waals surface area contributed by atoms with E-state index in [4.69, 9.17) is 0 Å². The first kappa shape index (κ1) is 51.3. The van der Waals surface area contributed by atoms with Gasteiger partial charge in [0.1, 0.15) is 42.3 Å². The Hall–Kier alpha value is -5.06. The predicted molar refractivity (Wildman–Crippen MR) is 234 cm³/mol. The third-order valence-electron chi connectivity index (χ3n) is 12.3. The summed E-state index contributed by atoms with van der Waals surface area (Å²) in [6.45, 7) is 12.7. The average molecular weight is 869 g/mol. The van der Waals surface area contributed by atoms with Gasteiger partial charge in [0, 0.05) is 54.7 Å². The Kier molecular flexibility index (Phi) is 18.9. The number of likely N-dealkylation sites (tertiary alicyclic amines) is 1. The molecular formula is C45H72N8O9. The third-order valence-corrected chi connectivity index (χ3v) is 12.3. The lowest BCUT2D eigenvalue weighted by atomic mass is 9.98. The van der Waals surface area contributed by atoms with E-state index in [0.29, 0.717) is 13.1 Å². The molecule has 0 radical (unpaired) electrons. The van der Waals surface area contributed by atoms with E-state index in [2.05, 4.69) is 10.6 Å². The number of hydrogen-bond acceptors (Lipinski definition) is 9. The Morgan fingerprint density at radius 3 is 1.60 bits per heavy atom. The molecule has 0 saturated carbocycles. The molecule has 62 heavy (non-hydrogen) atoms. The Balaban J connectivity index is 2.22. The van der Waals surface area contributed by atoms with Crippen LogP contribution in [0.4, 0.5) is 0 Å². The number of piperidine rings is 1. The van der Waals surface area contributed by atoms with Gasteiger partial charge >= 0.3 is 0 Å². The van der Waals surface area contributed by atoms with Gasteiger partial charge in [0.05, 0.1) is 12.5 Å². The molecule has 17 heteroatoms.